The molecule has 0 radical (unpaired) electrons. The number of carbonyl (C=O) groups is 1. The van der Waals surface area contributed by atoms with Crippen molar-refractivity contribution >= 4 is 5.78 Å². The molecule has 10 atom stereocenters. The van der Waals surface area contributed by atoms with Crippen LogP contribution in [0.3, 0.4) is 0 Å². The Morgan fingerprint density at radius 2 is 1.74 bits per heavy atom. The lowest BCUT2D eigenvalue weighted by molar-refractivity contribution is -0.507. The Bertz CT molecular complexity index is 749. The van der Waals surface area contributed by atoms with Crippen LogP contribution in [0.2, 0.25) is 0 Å². The van der Waals surface area contributed by atoms with Crippen LogP contribution >= 0.6 is 0 Å². The van der Waals surface area contributed by atoms with E-state index in [4.69, 9.17) is 4.74 Å². The average Bonchev–Trinajstić information content (AvgIpc) is 2.70. The van der Waals surface area contributed by atoms with Gasteiger partial charge in [0.25, 0.3) is 0 Å². The van der Waals surface area contributed by atoms with Gasteiger partial charge in [0.1, 0.15) is 11.5 Å². The summed E-state index contributed by atoms with van der Waals surface area (Å²) in [5.41, 5.74) is -3.41. The van der Waals surface area contributed by atoms with Crippen molar-refractivity contribution in [2.45, 2.75) is 69.9 Å². The van der Waals surface area contributed by atoms with Crippen LogP contribution in [-0.4, -0.2) is 61.7 Å². The third kappa shape index (κ3) is 1.52. The van der Waals surface area contributed by atoms with E-state index in [1.807, 2.05) is 13.8 Å². The maximum atomic E-state index is 13.4. The van der Waals surface area contributed by atoms with Crippen molar-refractivity contribution in [3.63, 3.8) is 0 Å². The normalized spacial score (nSPS) is 60.9. The number of carbonyl (C=O) groups excluding carboxylic acids is 1. The van der Waals surface area contributed by atoms with E-state index in [2.05, 4.69) is 6.58 Å². The van der Waals surface area contributed by atoms with Gasteiger partial charge in [-0.25, -0.2) is 0 Å². The van der Waals surface area contributed by atoms with E-state index in [0.29, 0.717) is 25.7 Å². The number of hydrogen-bond donors (Lipinski definition) is 5. The second-order valence-electron chi connectivity index (χ2n) is 10.0. The Kier molecular flexibility index (Phi) is 3.26. The highest BCUT2D eigenvalue weighted by Crippen LogP contribution is 2.77. The SMILES string of the molecule is C=C1C(=O)[C@]23[C@H](O)[C@H]1CC[C@H]2C12[C@H](O)O[C@@]3(O)[C@@H](O)[C@@H]1C(C)(C)CC[C@@H]2O. The van der Waals surface area contributed by atoms with Crippen LogP contribution in [0.25, 0.3) is 0 Å². The third-order valence-electron chi connectivity index (χ3n) is 8.93. The number of hydrogen-bond acceptors (Lipinski definition) is 7. The zero-order valence-corrected chi connectivity index (χ0v) is 15.6. The summed E-state index contributed by atoms with van der Waals surface area (Å²) >= 11 is 0. The molecule has 2 aliphatic heterocycles. The van der Waals surface area contributed by atoms with E-state index in [1.54, 1.807) is 0 Å². The van der Waals surface area contributed by atoms with Crippen LogP contribution in [0.4, 0.5) is 0 Å². The van der Waals surface area contributed by atoms with Crippen LogP contribution < -0.4 is 0 Å². The maximum absolute atomic E-state index is 13.4. The summed E-state index contributed by atoms with van der Waals surface area (Å²) in [5.74, 6) is -4.83. The molecular formula is C20H28O7. The largest absolute Gasteiger partial charge is 0.392 e. The van der Waals surface area contributed by atoms with Crippen molar-refractivity contribution in [3.05, 3.63) is 12.2 Å². The van der Waals surface area contributed by atoms with Crippen LogP contribution in [0.5, 0.6) is 0 Å². The number of Topliss-reactive ketones (excluding diaryl/α,β-unsaturated/α-hetero) is 1. The highest BCUT2D eigenvalue weighted by Gasteiger charge is 2.88. The van der Waals surface area contributed by atoms with Gasteiger partial charge in [0.2, 0.25) is 5.79 Å². The molecule has 0 aromatic rings. The van der Waals surface area contributed by atoms with Gasteiger partial charge in [-0.15, -0.1) is 0 Å². The quantitative estimate of drug-likeness (QED) is 0.365. The van der Waals surface area contributed by atoms with Crippen LogP contribution in [0.15, 0.2) is 12.2 Å². The Morgan fingerprint density at radius 3 is 2.41 bits per heavy atom. The molecule has 0 amide bonds. The summed E-state index contributed by atoms with van der Waals surface area (Å²) in [6.07, 6.45) is -3.43. The van der Waals surface area contributed by atoms with Crippen molar-refractivity contribution in [2.24, 2.45) is 34.0 Å². The lowest BCUT2D eigenvalue weighted by Gasteiger charge is -2.75. The molecule has 2 heterocycles. The minimum atomic E-state index is -2.42. The first-order valence-corrected chi connectivity index (χ1v) is 9.85. The summed E-state index contributed by atoms with van der Waals surface area (Å²) < 4.78 is 5.57. The predicted octanol–water partition coefficient (Wildman–Crippen LogP) is -0.306. The van der Waals surface area contributed by atoms with Crippen molar-refractivity contribution < 1.29 is 35.1 Å². The molecular weight excluding hydrogens is 352 g/mol. The molecule has 0 aromatic heterocycles. The number of fused-ring (bicyclic) bond motifs is 2. The summed E-state index contributed by atoms with van der Waals surface area (Å²) in [6, 6.07) is 0. The van der Waals surface area contributed by atoms with Crippen LogP contribution in [-0.2, 0) is 9.53 Å². The molecule has 4 saturated carbocycles. The average molecular weight is 380 g/mol. The molecule has 5 N–H and O–H groups in total. The van der Waals surface area contributed by atoms with Gasteiger partial charge in [-0.05, 0) is 42.6 Å². The molecule has 0 aromatic carbocycles. The molecule has 4 aliphatic carbocycles. The number of rotatable bonds is 0. The minimum Gasteiger partial charge on any atom is -0.392 e. The Labute approximate surface area is 157 Å². The second-order valence-corrected chi connectivity index (χ2v) is 10.0. The van der Waals surface area contributed by atoms with E-state index < -0.39 is 70.2 Å². The highest BCUT2D eigenvalue weighted by atomic mass is 16.7. The van der Waals surface area contributed by atoms with E-state index in [1.165, 1.54) is 0 Å². The monoisotopic (exact) mass is 380 g/mol. The van der Waals surface area contributed by atoms with Crippen molar-refractivity contribution in [2.75, 3.05) is 0 Å². The summed E-state index contributed by atoms with van der Waals surface area (Å²) in [6.45, 7) is 7.72. The summed E-state index contributed by atoms with van der Waals surface area (Å²) in [7, 11) is 0. The van der Waals surface area contributed by atoms with Crippen LogP contribution in [0.1, 0.15) is 39.5 Å². The van der Waals surface area contributed by atoms with Gasteiger partial charge < -0.3 is 30.3 Å². The van der Waals surface area contributed by atoms with Gasteiger partial charge in [0, 0.05) is 11.8 Å². The van der Waals surface area contributed by atoms with Gasteiger partial charge in [0.05, 0.1) is 17.6 Å². The third-order valence-corrected chi connectivity index (χ3v) is 8.93. The predicted molar refractivity (Wildman–Crippen MR) is 91.8 cm³/mol. The summed E-state index contributed by atoms with van der Waals surface area (Å²) in [5, 5.41) is 56.2. The zero-order chi connectivity index (χ0) is 19.7. The molecule has 2 saturated heterocycles. The maximum Gasteiger partial charge on any atom is 0.211 e. The molecule has 150 valence electrons. The van der Waals surface area contributed by atoms with Gasteiger partial charge in [-0.1, -0.05) is 20.4 Å². The summed E-state index contributed by atoms with van der Waals surface area (Å²) in [4.78, 5) is 13.4. The Hall–Kier alpha value is -0.830. The first-order valence-electron chi connectivity index (χ1n) is 9.85. The molecule has 4 bridgehead atoms. The second kappa shape index (κ2) is 4.83. The van der Waals surface area contributed by atoms with Gasteiger partial charge in [0.15, 0.2) is 12.1 Å². The zero-order valence-electron chi connectivity index (χ0n) is 15.6. The molecule has 2 spiro atoms. The lowest BCUT2D eigenvalue weighted by atomic mass is 9.35. The number of ketones is 1. The number of aliphatic hydroxyl groups excluding tert-OH is 4. The van der Waals surface area contributed by atoms with E-state index in [0.717, 1.165) is 0 Å². The molecule has 7 nitrogen and oxygen atoms in total. The van der Waals surface area contributed by atoms with Crippen molar-refractivity contribution in [3.8, 4) is 0 Å². The van der Waals surface area contributed by atoms with Gasteiger partial charge in [-0.2, -0.15) is 0 Å². The smallest absolute Gasteiger partial charge is 0.211 e. The molecule has 6 fully saturated rings. The Morgan fingerprint density at radius 1 is 1.07 bits per heavy atom. The fourth-order valence-corrected chi connectivity index (χ4v) is 7.96. The van der Waals surface area contributed by atoms with E-state index in [-0.39, 0.29) is 5.57 Å². The first-order chi connectivity index (χ1) is 12.5. The van der Waals surface area contributed by atoms with E-state index in [9.17, 15) is 30.3 Å². The van der Waals surface area contributed by atoms with E-state index >= 15 is 0 Å². The molecule has 6 rings (SSSR count). The standard InChI is InChI=1S/C20H28O7/c1-8-9-4-5-10-18-11(21)6-7-17(2,3)12(18)15(24)20(26,27-16(18)25)19(10,13(8)22)14(9)23/h9-12,14-16,21,23-26H,1,4-7H2,2-3H3/t9-,10-,11-,12+,14+,15-,16+,18?,19-,20-/m0/s1. The topological polar surface area (TPSA) is 127 Å². The number of aliphatic hydroxyl groups is 5. The number of ether oxygens (including phenoxy) is 1. The lowest BCUT2D eigenvalue weighted by Crippen LogP contribution is -2.87. The molecule has 7 heteroatoms. The minimum absolute atomic E-state index is 0.230. The Balaban J connectivity index is 1.84. The molecule has 27 heavy (non-hydrogen) atoms. The van der Waals surface area contributed by atoms with Gasteiger partial charge >= 0.3 is 0 Å². The van der Waals surface area contributed by atoms with Gasteiger partial charge in [-0.3, -0.25) is 4.79 Å². The highest BCUT2D eigenvalue weighted by molar-refractivity contribution is 6.05. The molecule has 6 aliphatic rings. The van der Waals surface area contributed by atoms with Crippen molar-refractivity contribution in [1.82, 2.24) is 0 Å². The first kappa shape index (κ1) is 18.2. The fourth-order valence-electron chi connectivity index (χ4n) is 7.96. The fraction of sp³-hybridized carbons (Fsp3) is 0.850. The molecule has 1 unspecified atom stereocenters. The van der Waals surface area contributed by atoms with Crippen LogP contribution in [0, 0.1) is 34.0 Å². The van der Waals surface area contributed by atoms with Crippen molar-refractivity contribution in [1.29, 1.82) is 0 Å².